The number of fused-ring (bicyclic) bond motifs is 1. The first-order valence-electron chi connectivity index (χ1n) is 10.6. The van der Waals surface area contributed by atoms with Gasteiger partial charge in [0.05, 0.1) is 0 Å². The van der Waals surface area contributed by atoms with Crippen LogP contribution in [0.15, 0.2) is 76.0 Å². The Morgan fingerprint density at radius 2 is 2.03 bits per heavy atom. The molecule has 0 bridgehead atoms. The number of ether oxygens (including phenoxy) is 1. The maximum absolute atomic E-state index is 6.34. The second-order valence-electron chi connectivity index (χ2n) is 7.53. The van der Waals surface area contributed by atoms with Gasteiger partial charge in [-0.15, -0.1) is 11.8 Å². The zero-order chi connectivity index (χ0) is 22.5. The van der Waals surface area contributed by atoms with E-state index in [1.165, 1.54) is 5.56 Å². The number of rotatable bonds is 8. The van der Waals surface area contributed by atoms with Gasteiger partial charge in [0.25, 0.3) is 0 Å². The fraction of sp³-hybridized carbons (Fsp3) is 0.240. The molecule has 0 spiro atoms. The summed E-state index contributed by atoms with van der Waals surface area (Å²) in [5.74, 6) is 2.83. The molecule has 0 saturated carbocycles. The molecule has 6 nitrogen and oxygen atoms in total. The third kappa shape index (κ3) is 4.84. The van der Waals surface area contributed by atoms with Crippen molar-refractivity contribution in [1.29, 1.82) is 0 Å². The van der Waals surface area contributed by atoms with Crippen LogP contribution in [-0.2, 0) is 4.74 Å². The van der Waals surface area contributed by atoms with Gasteiger partial charge in [0.1, 0.15) is 17.0 Å². The topological polar surface area (TPSA) is 84.8 Å². The fourth-order valence-corrected chi connectivity index (χ4v) is 4.21. The number of benzene rings is 2. The third-order valence-corrected chi connectivity index (χ3v) is 6.16. The predicted octanol–water partition coefficient (Wildman–Crippen LogP) is 5.70. The summed E-state index contributed by atoms with van der Waals surface area (Å²) in [5.41, 5.74) is 10.5. The van der Waals surface area contributed by atoms with Crippen LogP contribution in [0.4, 0.5) is 5.69 Å². The SMILES string of the molecule is C=NC1=C(NC(N)SCCC)OC(c2ccc(-c3cccc(C)c3)o2)Nc2ccccc21. The van der Waals surface area contributed by atoms with Crippen LogP contribution in [0.5, 0.6) is 0 Å². The van der Waals surface area contributed by atoms with E-state index in [0.717, 1.165) is 34.7 Å². The molecule has 0 saturated heterocycles. The van der Waals surface area contributed by atoms with Crippen LogP contribution in [0.25, 0.3) is 17.0 Å². The molecule has 3 aromatic rings. The summed E-state index contributed by atoms with van der Waals surface area (Å²) in [6.45, 7) is 7.95. The molecular weight excluding hydrogens is 420 g/mol. The van der Waals surface area contributed by atoms with E-state index in [1.807, 2.05) is 48.5 Å². The highest BCUT2D eigenvalue weighted by atomic mass is 32.2. The van der Waals surface area contributed by atoms with Crippen molar-refractivity contribution in [2.75, 3.05) is 11.1 Å². The Kier molecular flexibility index (Phi) is 6.87. The van der Waals surface area contributed by atoms with Gasteiger partial charge in [0.15, 0.2) is 5.76 Å². The highest BCUT2D eigenvalue weighted by Crippen LogP contribution is 2.37. The Hall–Kier alpha value is -3.16. The van der Waals surface area contributed by atoms with E-state index in [0.29, 0.717) is 17.3 Å². The largest absolute Gasteiger partial charge is 0.455 e. The summed E-state index contributed by atoms with van der Waals surface area (Å²) < 4.78 is 12.5. The molecule has 32 heavy (non-hydrogen) atoms. The number of hydrogen-bond acceptors (Lipinski definition) is 7. The molecule has 2 aromatic carbocycles. The van der Waals surface area contributed by atoms with Crippen LogP contribution in [-0.4, -0.2) is 18.0 Å². The first-order chi connectivity index (χ1) is 15.6. The second-order valence-corrected chi connectivity index (χ2v) is 8.78. The minimum Gasteiger partial charge on any atom is -0.455 e. The Labute approximate surface area is 193 Å². The van der Waals surface area contributed by atoms with Gasteiger partial charge in [-0.25, -0.2) is 0 Å². The predicted molar refractivity (Wildman–Crippen MR) is 133 cm³/mol. The number of nitrogens with two attached hydrogens (primary N) is 1. The summed E-state index contributed by atoms with van der Waals surface area (Å²) in [6.07, 6.45) is 0.466. The average molecular weight is 449 g/mol. The standard InChI is InChI=1S/C25H28N4O2S/c1-4-14-32-25(26)29-24-22(27-3)18-10-5-6-11-19(18)28-23(31-24)21-13-12-20(30-21)17-9-7-8-16(2)15-17/h5-13,15,23,25,28-29H,3-4,14,26H2,1-2H3. The molecule has 4 rings (SSSR count). The van der Waals surface area contributed by atoms with E-state index in [2.05, 4.69) is 48.3 Å². The molecule has 0 aliphatic carbocycles. The molecule has 2 heterocycles. The van der Waals surface area contributed by atoms with Gasteiger partial charge < -0.3 is 25.5 Å². The molecule has 1 aromatic heterocycles. The zero-order valence-electron chi connectivity index (χ0n) is 18.3. The van der Waals surface area contributed by atoms with Gasteiger partial charge >= 0.3 is 0 Å². The summed E-state index contributed by atoms with van der Waals surface area (Å²) >= 11 is 1.62. The summed E-state index contributed by atoms with van der Waals surface area (Å²) in [5, 5.41) is 6.69. The summed E-state index contributed by atoms with van der Waals surface area (Å²) in [4.78, 5) is 4.26. The highest BCUT2D eigenvalue weighted by Gasteiger charge is 2.28. The van der Waals surface area contributed by atoms with Crippen molar-refractivity contribution in [1.82, 2.24) is 5.32 Å². The van der Waals surface area contributed by atoms with Crippen molar-refractivity contribution in [3.05, 3.63) is 83.4 Å². The van der Waals surface area contributed by atoms with Crippen molar-refractivity contribution in [2.45, 2.75) is 32.0 Å². The molecule has 0 fully saturated rings. The Morgan fingerprint density at radius 1 is 1.19 bits per heavy atom. The van der Waals surface area contributed by atoms with Gasteiger partial charge in [-0.3, -0.25) is 4.99 Å². The number of furan rings is 1. The van der Waals surface area contributed by atoms with E-state index in [9.17, 15) is 0 Å². The maximum atomic E-state index is 6.34. The van der Waals surface area contributed by atoms with Crippen LogP contribution in [0, 0.1) is 6.92 Å². The lowest BCUT2D eigenvalue weighted by Crippen LogP contribution is -2.35. The van der Waals surface area contributed by atoms with E-state index in [4.69, 9.17) is 14.9 Å². The number of aliphatic imine (C=N–C) groups is 1. The minimum atomic E-state index is -0.570. The normalized spacial score (nSPS) is 16.4. The second kappa shape index (κ2) is 9.97. The lowest BCUT2D eigenvalue weighted by atomic mass is 10.1. The molecule has 166 valence electrons. The van der Waals surface area contributed by atoms with Gasteiger partial charge in [-0.05, 0) is 50.1 Å². The van der Waals surface area contributed by atoms with Crippen LogP contribution >= 0.6 is 11.8 Å². The Bertz CT molecular complexity index is 1120. The minimum absolute atomic E-state index is 0.341. The molecule has 2 atom stereocenters. The van der Waals surface area contributed by atoms with E-state index in [-0.39, 0.29) is 5.50 Å². The van der Waals surface area contributed by atoms with Crippen molar-refractivity contribution >= 4 is 29.9 Å². The highest BCUT2D eigenvalue weighted by molar-refractivity contribution is 7.99. The summed E-state index contributed by atoms with van der Waals surface area (Å²) in [7, 11) is 0. The monoisotopic (exact) mass is 448 g/mol. The lowest BCUT2D eigenvalue weighted by molar-refractivity contribution is 0.107. The lowest BCUT2D eigenvalue weighted by Gasteiger charge is -2.22. The number of thioether (sulfide) groups is 1. The molecule has 4 N–H and O–H groups in total. The average Bonchev–Trinajstić information content (AvgIpc) is 3.23. The molecule has 1 aliphatic heterocycles. The van der Waals surface area contributed by atoms with Crippen LogP contribution in [0.1, 0.15) is 36.5 Å². The molecule has 0 amide bonds. The zero-order valence-corrected chi connectivity index (χ0v) is 19.1. The van der Waals surface area contributed by atoms with E-state index < -0.39 is 6.23 Å². The molecular formula is C25H28N4O2S. The first-order valence-corrected chi connectivity index (χ1v) is 11.7. The Balaban J connectivity index is 1.69. The fourth-order valence-electron chi connectivity index (χ4n) is 3.53. The van der Waals surface area contributed by atoms with Crippen LogP contribution in [0.2, 0.25) is 0 Å². The van der Waals surface area contributed by atoms with Crippen LogP contribution < -0.4 is 16.4 Å². The molecule has 0 radical (unpaired) electrons. The van der Waals surface area contributed by atoms with Gasteiger partial charge in [-0.2, -0.15) is 0 Å². The Morgan fingerprint density at radius 3 is 2.81 bits per heavy atom. The quantitative estimate of drug-likeness (QED) is 0.303. The molecule has 7 heteroatoms. The number of hydrogen-bond donors (Lipinski definition) is 3. The smallest absolute Gasteiger partial charge is 0.230 e. The maximum Gasteiger partial charge on any atom is 0.230 e. The van der Waals surface area contributed by atoms with Gasteiger partial charge in [-0.1, -0.05) is 48.9 Å². The number of nitrogens with zero attached hydrogens (tertiary/aromatic N) is 1. The molecule has 1 aliphatic rings. The number of para-hydroxylation sites is 1. The van der Waals surface area contributed by atoms with Gasteiger partial charge in [0, 0.05) is 16.8 Å². The van der Waals surface area contributed by atoms with Crippen molar-refractivity contribution in [2.24, 2.45) is 10.7 Å². The van der Waals surface area contributed by atoms with Crippen molar-refractivity contribution < 1.29 is 9.15 Å². The number of nitrogens with one attached hydrogen (secondary N) is 2. The van der Waals surface area contributed by atoms with Gasteiger partial charge in [0.2, 0.25) is 12.1 Å². The number of aryl methyl sites for hydroxylation is 1. The van der Waals surface area contributed by atoms with Crippen LogP contribution in [0.3, 0.4) is 0 Å². The first kappa shape index (κ1) is 22.0. The number of anilines is 1. The van der Waals surface area contributed by atoms with Crippen molar-refractivity contribution in [3.63, 3.8) is 0 Å². The van der Waals surface area contributed by atoms with Crippen molar-refractivity contribution in [3.8, 4) is 11.3 Å². The van der Waals surface area contributed by atoms with E-state index in [1.54, 1.807) is 11.8 Å². The van der Waals surface area contributed by atoms with E-state index >= 15 is 0 Å². The summed E-state index contributed by atoms with van der Waals surface area (Å²) in [6, 6.07) is 20.0. The third-order valence-electron chi connectivity index (χ3n) is 5.04. The molecule has 2 unspecified atom stereocenters.